The fourth-order valence-corrected chi connectivity index (χ4v) is 3.14. The Balaban J connectivity index is 1.64. The zero-order valence-electron chi connectivity index (χ0n) is 13.7. The molecule has 2 heterocycles. The Labute approximate surface area is 132 Å². The number of hydrogen-bond donors (Lipinski definition) is 0. The van der Waals surface area contributed by atoms with E-state index in [0.29, 0.717) is 6.04 Å². The second-order valence-electron chi connectivity index (χ2n) is 6.24. The van der Waals surface area contributed by atoms with E-state index >= 15 is 0 Å². The van der Waals surface area contributed by atoms with Gasteiger partial charge >= 0.3 is 0 Å². The van der Waals surface area contributed by atoms with Gasteiger partial charge in [-0.25, -0.2) is 4.98 Å². The Morgan fingerprint density at radius 3 is 2.73 bits per heavy atom. The summed E-state index contributed by atoms with van der Waals surface area (Å²) in [5.74, 6) is 1.76. The fraction of sp³-hybridized carbons (Fsp3) is 0.500. The molecule has 0 aliphatic carbocycles. The van der Waals surface area contributed by atoms with E-state index in [-0.39, 0.29) is 0 Å². The van der Waals surface area contributed by atoms with Crippen molar-refractivity contribution in [3.8, 4) is 0 Å². The molecule has 0 N–H and O–H groups in total. The maximum Gasteiger partial charge on any atom is 0.208 e. The molecule has 1 atom stereocenters. The third-order valence-electron chi connectivity index (χ3n) is 4.60. The Kier molecular flexibility index (Phi) is 4.48. The number of para-hydroxylation sites is 1. The van der Waals surface area contributed by atoms with Crippen LogP contribution in [-0.2, 0) is 6.54 Å². The van der Waals surface area contributed by atoms with Gasteiger partial charge in [0, 0.05) is 24.8 Å². The molecule has 0 spiro atoms. The molecule has 22 heavy (non-hydrogen) atoms. The molecule has 1 fully saturated rings. The molecule has 1 aliphatic rings. The third-order valence-corrected chi connectivity index (χ3v) is 4.60. The minimum absolute atomic E-state index is 0.543. The van der Waals surface area contributed by atoms with E-state index in [1.54, 1.807) is 0 Å². The van der Waals surface area contributed by atoms with Crippen molar-refractivity contribution >= 4 is 5.69 Å². The van der Waals surface area contributed by atoms with E-state index in [1.807, 2.05) is 13.8 Å². The molecule has 0 unspecified atom stereocenters. The molecule has 3 rings (SSSR count). The van der Waals surface area contributed by atoms with Crippen molar-refractivity contribution in [3.63, 3.8) is 0 Å². The third kappa shape index (κ3) is 3.33. The van der Waals surface area contributed by atoms with Crippen LogP contribution in [0.25, 0.3) is 0 Å². The summed E-state index contributed by atoms with van der Waals surface area (Å²) in [4.78, 5) is 9.36. The average molecular weight is 299 g/mol. The van der Waals surface area contributed by atoms with Gasteiger partial charge in [-0.1, -0.05) is 18.2 Å². The van der Waals surface area contributed by atoms with Crippen molar-refractivity contribution in [2.75, 3.05) is 25.0 Å². The average Bonchev–Trinajstić information content (AvgIpc) is 2.86. The van der Waals surface area contributed by atoms with Crippen LogP contribution in [0, 0.1) is 13.8 Å². The summed E-state index contributed by atoms with van der Waals surface area (Å²) in [5.41, 5.74) is 2.32. The van der Waals surface area contributed by atoms with Crippen LogP contribution >= 0.6 is 0 Å². The zero-order chi connectivity index (χ0) is 15.5. The molecule has 4 heteroatoms. The van der Waals surface area contributed by atoms with E-state index in [9.17, 15) is 0 Å². The molecule has 118 valence electrons. The van der Waals surface area contributed by atoms with Crippen molar-refractivity contribution in [3.05, 3.63) is 47.7 Å². The first kappa shape index (κ1) is 15.1. The highest BCUT2D eigenvalue weighted by atomic mass is 16.4. The Hall–Kier alpha value is -1.81. The quantitative estimate of drug-likeness (QED) is 0.866. The summed E-state index contributed by atoms with van der Waals surface area (Å²) < 4.78 is 5.72. The van der Waals surface area contributed by atoms with Crippen LogP contribution < -0.4 is 4.90 Å². The van der Waals surface area contributed by atoms with Crippen molar-refractivity contribution in [2.24, 2.45) is 0 Å². The smallest absolute Gasteiger partial charge is 0.208 e. The van der Waals surface area contributed by atoms with Crippen LogP contribution in [0.4, 0.5) is 5.69 Å². The lowest BCUT2D eigenvalue weighted by atomic mass is 10.0. The number of aryl methyl sites for hydroxylation is 2. The molecular formula is C18H25N3O. The van der Waals surface area contributed by atoms with Gasteiger partial charge in [0.05, 0.1) is 12.2 Å². The van der Waals surface area contributed by atoms with Crippen molar-refractivity contribution in [2.45, 2.75) is 39.3 Å². The molecule has 1 aliphatic heterocycles. The zero-order valence-corrected chi connectivity index (χ0v) is 13.7. The lowest BCUT2D eigenvalue weighted by molar-refractivity contribution is 0.190. The normalized spacial score (nSPS) is 18.9. The van der Waals surface area contributed by atoms with Gasteiger partial charge in [-0.2, -0.15) is 0 Å². The summed E-state index contributed by atoms with van der Waals surface area (Å²) in [6.45, 7) is 6.97. The highest BCUT2D eigenvalue weighted by Gasteiger charge is 2.24. The molecule has 0 amide bonds. The minimum atomic E-state index is 0.543. The van der Waals surface area contributed by atoms with Gasteiger partial charge in [0.15, 0.2) is 0 Å². The lowest BCUT2D eigenvalue weighted by Gasteiger charge is -2.38. The highest BCUT2D eigenvalue weighted by Crippen LogP contribution is 2.22. The summed E-state index contributed by atoms with van der Waals surface area (Å²) >= 11 is 0. The van der Waals surface area contributed by atoms with E-state index in [2.05, 4.69) is 52.2 Å². The first-order valence-corrected chi connectivity index (χ1v) is 8.06. The lowest BCUT2D eigenvalue weighted by Crippen LogP contribution is -2.46. The van der Waals surface area contributed by atoms with Gasteiger partial charge < -0.3 is 9.32 Å². The molecule has 4 nitrogen and oxygen atoms in total. The van der Waals surface area contributed by atoms with E-state index in [0.717, 1.165) is 37.0 Å². The van der Waals surface area contributed by atoms with E-state index in [4.69, 9.17) is 4.42 Å². The predicted octanol–water partition coefficient (Wildman–Crippen LogP) is 3.39. The number of aromatic nitrogens is 1. The van der Waals surface area contributed by atoms with Crippen LogP contribution in [0.15, 0.2) is 34.7 Å². The van der Waals surface area contributed by atoms with Crippen LogP contribution in [0.3, 0.4) is 0 Å². The number of hydrogen-bond acceptors (Lipinski definition) is 4. The fourth-order valence-electron chi connectivity index (χ4n) is 3.14. The van der Waals surface area contributed by atoms with E-state index in [1.165, 1.54) is 18.5 Å². The molecule has 0 bridgehead atoms. The maximum atomic E-state index is 5.72. The van der Waals surface area contributed by atoms with Gasteiger partial charge in [-0.15, -0.1) is 0 Å². The number of piperidine rings is 1. The Morgan fingerprint density at radius 2 is 2.05 bits per heavy atom. The molecule has 1 aromatic heterocycles. The molecule has 0 radical (unpaired) electrons. The highest BCUT2D eigenvalue weighted by molar-refractivity contribution is 5.46. The summed E-state index contributed by atoms with van der Waals surface area (Å²) in [7, 11) is 2.17. The van der Waals surface area contributed by atoms with Crippen LogP contribution in [0.5, 0.6) is 0 Å². The van der Waals surface area contributed by atoms with Crippen molar-refractivity contribution < 1.29 is 4.42 Å². The van der Waals surface area contributed by atoms with Crippen LogP contribution in [0.1, 0.15) is 30.2 Å². The molecular weight excluding hydrogens is 274 g/mol. The molecule has 2 aromatic rings. The number of anilines is 1. The number of nitrogens with zero attached hydrogens (tertiary/aromatic N) is 3. The monoisotopic (exact) mass is 299 g/mol. The SMILES string of the molecule is Cc1nc(CN(C)[C@H]2CCCN(c3ccccc3)C2)oc1C. The van der Waals surface area contributed by atoms with Crippen LogP contribution in [-0.4, -0.2) is 36.1 Å². The standard InChI is InChI=1S/C18H25N3O/c1-14-15(2)22-18(19-14)13-20(3)17-10-7-11-21(12-17)16-8-5-4-6-9-16/h4-6,8-9,17H,7,10-13H2,1-3H3/t17-/m0/s1. The Morgan fingerprint density at radius 1 is 1.27 bits per heavy atom. The van der Waals surface area contributed by atoms with Crippen molar-refractivity contribution in [1.29, 1.82) is 0 Å². The summed E-state index contributed by atoms with van der Waals surface area (Å²) in [6.07, 6.45) is 2.46. The maximum absolute atomic E-state index is 5.72. The minimum Gasteiger partial charge on any atom is -0.444 e. The molecule has 1 aromatic carbocycles. The number of rotatable bonds is 4. The predicted molar refractivity (Wildman–Crippen MR) is 89.1 cm³/mol. The number of benzene rings is 1. The second kappa shape index (κ2) is 6.53. The first-order valence-electron chi connectivity index (χ1n) is 8.06. The van der Waals surface area contributed by atoms with Crippen LogP contribution in [0.2, 0.25) is 0 Å². The topological polar surface area (TPSA) is 32.5 Å². The first-order chi connectivity index (χ1) is 10.6. The molecule has 1 saturated heterocycles. The summed E-state index contributed by atoms with van der Waals surface area (Å²) in [5, 5.41) is 0. The Bertz CT molecular complexity index is 589. The van der Waals surface area contributed by atoms with Gasteiger partial charge in [0.2, 0.25) is 5.89 Å². The number of oxazole rings is 1. The van der Waals surface area contributed by atoms with Gasteiger partial charge in [-0.3, -0.25) is 4.90 Å². The number of likely N-dealkylation sites (N-methyl/N-ethyl adjacent to an activating group) is 1. The van der Waals surface area contributed by atoms with Gasteiger partial charge in [0.1, 0.15) is 5.76 Å². The van der Waals surface area contributed by atoms with Crippen molar-refractivity contribution in [1.82, 2.24) is 9.88 Å². The molecule has 0 saturated carbocycles. The summed E-state index contributed by atoms with van der Waals surface area (Å²) in [6, 6.07) is 11.2. The second-order valence-corrected chi connectivity index (χ2v) is 6.24. The largest absolute Gasteiger partial charge is 0.444 e. The van der Waals surface area contributed by atoms with Gasteiger partial charge in [0.25, 0.3) is 0 Å². The van der Waals surface area contributed by atoms with Gasteiger partial charge in [-0.05, 0) is 45.9 Å². The van der Waals surface area contributed by atoms with E-state index < -0.39 is 0 Å².